The van der Waals surface area contributed by atoms with Gasteiger partial charge in [-0.15, -0.1) is 0 Å². The zero-order valence-electron chi connectivity index (χ0n) is 11.5. The number of hydrogen-bond acceptors (Lipinski definition) is 3. The zero-order chi connectivity index (χ0) is 14.6. The number of carbonyl (C=O) groups excluding carboxylic acids is 1. The van der Waals surface area contributed by atoms with Crippen LogP contribution >= 0.6 is 11.8 Å². The third kappa shape index (κ3) is 4.56. The Labute approximate surface area is 116 Å². The van der Waals surface area contributed by atoms with E-state index in [1.165, 1.54) is 0 Å². The van der Waals surface area contributed by atoms with Gasteiger partial charge in [-0.25, -0.2) is 0 Å². The van der Waals surface area contributed by atoms with Gasteiger partial charge in [-0.1, -0.05) is 27.2 Å². The van der Waals surface area contributed by atoms with Crippen molar-refractivity contribution in [2.24, 2.45) is 5.92 Å². The summed E-state index contributed by atoms with van der Waals surface area (Å²) in [5.74, 6) is 0.0199. The second-order valence-corrected chi connectivity index (χ2v) is 5.94. The number of nitrogens with zero attached hydrogens (tertiary/aromatic N) is 1. The van der Waals surface area contributed by atoms with Crippen molar-refractivity contribution in [2.75, 3.05) is 12.3 Å². The second-order valence-electron chi connectivity index (χ2n) is 4.78. The highest BCUT2D eigenvalue weighted by atomic mass is 32.2. The number of amides is 1. The van der Waals surface area contributed by atoms with Crippen molar-refractivity contribution in [3.63, 3.8) is 0 Å². The molecule has 112 valence electrons. The maximum atomic E-state index is 12.2. The van der Waals surface area contributed by atoms with E-state index in [-0.39, 0.29) is 48.1 Å². The van der Waals surface area contributed by atoms with Gasteiger partial charge in [0.25, 0.3) is 0 Å². The smallest absolute Gasteiger partial charge is 0.325 e. The molecule has 19 heavy (non-hydrogen) atoms. The molecular formula is C12H21F3N2OS. The van der Waals surface area contributed by atoms with Gasteiger partial charge in [0, 0.05) is 12.3 Å². The Hall–Kier alpha value is -0.430. The molecule has 3 unspecified atom stereocenters. The molecular weight excluding hydrogens is 277 g/mol. The molecule has 1 amide bonds. The maximum absolute atomic E-state index is 12.2. The molecule has 1 aliphatic heterocycles. The van der Waals surface area contributed by atoms with Crippen LogP contribution in [0.3, 0.4) is 0 Å². The fraction of sp³-hybridized carbons (Fsp3) is 0.917. The molecule has 0 aromatic carbocycles. The Morgan fingerprint density at radius 3 is 2.53 bits per heavy atom. The minimum Gasteiger partial charge on any atom is -0.325 e. The Kier molecular flexibility index (Phi) is 5.98. The number of thioether (sulfide) groups is 1. The van der Waals surface area contributed by atoms with Gasteiger partial charge in [-0.2, -0.15) is 13.2 Å². The topological polar surface area (TPSA) is 32.3 Å². The lowest BCUT2D eigenvalue weighted by Crippen LogP contribution is -2.38. The maximum Gasteiger partial charge on any atom is 0.441 e. The van der Waals surface area contributed by atoms with E-state index < -0.39 is 5.51 Å². The molecule has 3 nitrogen and oxygen atoms in total. The van der Waals surface area contributed by atoms with Crippen LogP contribution in [0.25, 0.3) is 0 Å². The number of alkyl halides is 3. The number of hydrogen-bond donors (Lipinski definition) is 1. The van der Waals surface area contributed by atoms with Gasteiger partial charge in [0.2, 0.25) is 5.91 Å². The SMILES string of the molecule is CCC(C)C1NC(CC)N(CCSC(F)(F)F)C1=O. The predicted octanol–water partition coefficient (Wildman–Crippen LogP) is 2.82. The minimum absolute atomic E-state index is 0.0658. The largest absolute Gasteiger partial charge is 0.441 e. The van der Waals surface area contributed by atoms with Crippen molar-refractivity contribution in [3.8, 4) is 0 Å². The summed E-state index contributed by atoms with van der Waals surface area (Å²) >= 11 is -0.0713. The molecule has 0 bridgehead atoms. The molecule has 1 rings (SSSR count). The van der Waals surface area contributed by atoms with Crippen LogP contribution < -0.4 is 5.32 Å². The Morgan fingerprint density at radius 2 is 2.05 bits per heavy atom. The predicted molar refractivity (Wildman–Crippen MR) is 70.7 cm³/mol. The molecule has 1 N–H and O–H groups in total. The van der Waals surface area contributed by atoms with Gasteiger partial charge in [-0.3, -0.25) is 10.1 Å². The summed E-state index contributed by atoms with van der Waals surface area (Å²) in [5, 5.41) is 3.22. The van der Waals surface area contributed by atoms with Crippen LogP contribution in [0.1, 0.15) is 33.6 Å². The molecule has 1 fully saturated rings. The minimum atomic E-state index is -4.23. The highest BCUT2D eigenvalue weighted by Crippen LogP contribution is 2.30. The summed E-state index contributed by atoms with van der Waals surface area (Å²) < 4.78 is 36.3. The lowest BCUT2D eigenvalue weighted by Gasteiger charge is -2.23. The first-order valence-corrected chi connectivity index (χ1v) is 7.55. The molecule has 0 aromatic rings. The third-order valence-corrected chi connectivity index (χ3v) is 4.21. The summed E-state index contributed by atoms with van der Waals surface area (Å²) in [6.45, 7) is 6.05. The summed E-state index contributed by atoms with van der Waals surface area (Å²) in [6, 6.07) is -0.258. The van der Waals surface area contributed by atoms with Crippen molar-refractivity contribution in [2.45, 2.75) is 51.3 Å². The van der Waals surface area contributed by atoms with E-state index in [2.05, 4.69) is 5.32 Å². The van der Waals surface area contributed by atoms with E-state index in [9.17, 15) is 18.0 Å². The van der Waals surface area contributed by atoms with Crippen molar-refractivity contribution in [1.29, 1.82) is 0 Å². The van der Waals surface area contributed by atoms with Crippen LogP contribution in [0.5, 0.6) is 0 Å². The van der Waals surface area contributed by atoms with Gasteiger partial charge in [0.05, 0.1) is 12.2 Å². The average molecular weight is 298 g/mol. The summed E-state index contributed by atoms with van der Waals surface area (Å²) in [5.41, 5.74) is -4.23. The molecule has 3 atom stereocenters. The fourth-order valence-electron chi connectivity index (χ4n) is 2.21. The molecule has 0 saturated carbocycles. The Morgan fingerprint density at radius 1 is 1.42 bits per heavy atom. The van der Waals surface area contributed by atoms with Gasteiger partial charge >= 0.3 is 5.51 Å². The van der Waals surface area contributed by atoms with Gasteiger partial charge in [-0.05, 0) is 24.1 Å². The standard InChI is InChI=1S/C12H21F3N2OS/c1-4-8(3)10-11(18)17(9(5-2)16-10)6-7-19-12(13,14)15/h8-10,16H,4-7H2,1-3H3. The molecule has 0 aliphatic carbocycles. The monoisotopic (exact) mass is 298 g/mol. The number of halogens is 3. The number of carbonyl (C=O) groups is 1. The lowest BCUT2D eigenvalue weighted by atomic mass is 9.99. The Balaban J connectivity index is 2.58. The van der Waals surface area contributed by atoms with Crippen LogP contribution in [-0.2, 0) is 4.79 Å². The molecule has 7 heteroatoms. The van der Waals surface area contributed by atoms with Crippen LogP contribution in [-0.4, -0.2) is 40.8 Å². The molecule has 1 saturated heterocycles. The normalized spacial score (nSPS) is 26.0. The van der Waals surface area contributed by atoms with Gasteiger partial charge in [0.15, 0.2) is 0 Å². The quantitative estimate of drug-likeness (QED) is 0.818. The molecule has 1 aliphatic rings. The highest BCUT2D eigenvalue weighted by molar-refractivity contribution is 8.00. The van der Waals surface area contributed by atoms with Crippen LogP contribution in [0.15, 0.2) is 0 Å². The van der Waals surface area contributed by atoms with E-state index in [1.807, 2.05) is 20.8 Å². The van der Waals surface area contributed by atoms with E-state index in [4.69, 9.17) is 0 Å². The van der Waals surface area contributed by atoms with Gasteiger partial charge in [0.1, 0.15) is 0 Å². The summed E-state index contributed by atoms with van der Waals surface area (Å²) in [6.07, 6.45) is 1.43. The van der Waals surface area contributed by atoms with E-state index in [0.717, 1.165) is 6.42 Å². The molecule has 0 aromatic heterocycles. The van der Waals surface area contributed by atoms with Crippen molar-refractivity contribution in [1.82, 2.24) is 10.2 Å². The zero-order valence-corrected chi connectivity index (χ0v) is 12.3. The lowest BCUT2D eigenvalue weighted by molar-refractivity contribution is -0.130. The first-order chi connectivity index (χ1) is 8.80. The van der Waals surface area contributed by atoms with E-state index in [0.29, 0.717) is 6.42 Å². The number of nitrogens with one attached hydrogen (secondary N) is 1. The van der Waals surface area contributed by atoms with Crippen molar-refractivity contribution >= 4 is 17.7 Å². The molecule has 1 heterocycles. The fourth-order valence-corrected chi connectivity index (χ4v) is 2.73. The average Bonchev–Trinajstić information content (AvgIpc) is 2.64. The van der Waals surface area contributed by atoms with Crippen LogP contribution in [0.2, 0.25) is 0 Å². The molecule has 0 spiro atoms. The third-order valence-electron chi connectivity index (χ3n) is 3.49. The molecule has 0 radical (unpaired) electrons. The number of rotatable bonds is 6. The van der Waals surface area contributed by atoms with E-state index in [1.54, 1.807) is 4.90 Å². The summed E-state index contributed by atoms with van der Waals surface area (Å²) in [7, 11) is 0. The van der Waals surface area contributed by atoms with E-state index >= 15 is 0 Å². The van der Waals surface area contributed by atoms with Crippen molar-refractivity contribution < 1.29 is 18.0 Å². The van der Waals surface area contributed by atoms with Crippen LogP contribution in [0.4, 0.5) is 13.2 Å². The first kappa shape index (κ1) is 16.6. The van der Waals surface area contributed by atoms with Crippen LogP contribution in [0, 0.1) is 5.92 Å². The first-order valence-electron chi connectivity index (χ1n) is 6.57. The van der Waals surface area contributed by atoms with Gasteiger partial charge < -0.3 is 4.90 Å². The summed E-state index contributed by atoms with van der Waals surface area (Å²) in [4.78, 5) is 13.8. The Bertz CT molecular complexity index is 312. The van der Waals surface area contributed by atoms with Crippen molar-refractivity contribution in [3.05, 3.63) is 0 Å². The second kappa shape index (κ2) is 6.83. The highest BCUT2D eigenvalue weighted by Gasteiger charge is 2.40.